The van der Waals surface area contributed by atoms with Crippen molar-refractivity contribution in [3.63, 3.8) is 0 Å². The fourth-order valence-corrected chi connectivity index (χ4v) is 1.02. The highest BCUT2D eigenvalue weighted by atomic mass is 16.4. The van der Waals surface area contributed by atoms with Crippen LogP contribution in [0.4, 0.5) is 0 Å². The van der Waals surface area contributed by atoms with Crippen molar-refractivity contribution in [2.75, 3.05) is 0 Å². The summed E-state index contributed by atoms with van der Waals surface area (Å²) in [4.78, 5) is 10.5. The first kappa shape index (κ1) is 10.0. The zero-order chi connectivity index (χ0) is 10.1. The lowest BCUT2D eigenvalue weighted by Gasteiger charge is -2.26. The summed E-state index contributed by atoms with van der Waals surface area (Å²) in [5.74, 6) is -0.921. The molecule has 0 aromatic rings. The van der Waals surface area contributed by atoms with Gasteiger partial charge >= 0.3 is 5.97 Å². The highest BCUT2D eigenvalue weighted by molar-refractivity contribution is 5.97. The molecule has 1 aliphatic rings. The number of nitrogens with one attached hydrogen (secondary N) is 1. The van der Waals surface area contributed by atoms with Gasteiger partial charge in [-0.25, -0.2) is 0 Å². The Hall–Kier alpha value is -1.06. The number of carboxylic acid groups (broad SMARTS) is 1. The highest BCUT2D eigenvalue weighted by Gasteiger charge is 2.31. The second kappa shape index (κ2) is 3.36. The molecule has 4 heteroatoms. The van der Waals surface area contributed by atoms with Gasteiger partial charge in [-0.15, -0.1) is 0 Å². The third-order valence-electron chi connectivity index (χ3n) is 1.86. The zero-order valence-corrected chi connectivity index (χ0v) is 8.29. The van der Waals surface area contributed by atoms with Crippen molar-refractivity contribution >= 4 is 11.7 Å². The maximum absolute atomic E-state index is 10.5. The Bertz CT molecular complexity index is 232. The van der Waals surface area contributed by atoms with Crippen molar-refractivity contribution in [2.45, 2.75) is 39.2 Å². The molecule has 1 rings (SSSR count). The van der Waals surface area contributed by atoms with Gasteiger partial charge in [-0.05, 0) is 20.8 Å². The molecular formula is C9H16N2O2. The number of hydrogen-bond acceptors (Lipinski definition) is 3. The Morgan fingerprint density at radius 3 is 2.46 bits per heavy atom. The molecule has 1 aliphatic carbocycles. The topological polar surface area (TPSA) is 61.7 Å². The van der Waals surface area contributed by atoms with Crippen molar-refractivity contribution in [3.8, 4) is 0 Å². The van der Waals surface area contributed by atoms with E-state index in [1.807, 2.05) is 20.8 Å². The van der Waals surface area contributed by atoms with Gasteiger partial charge in [0, 0.05) is 24.1 Å². The molecule has 2 N–H and O–H groups in total. The summed E-state index contributed by atoms with van der Waals surface area (Å²) in [6.07, 6.45) is 1.19. The average Bonchev–Trinajstić information content (AvgIpc) is 1.79. The van der Waals surface area contributed by atoms with Gasteiger partial charge in [-0.3, -0.25) is 4.79 Å². The van der Waals surface area contributed by atoms with Crippen molar-refractivity contribution in [1.29, 1.82) is 0 Å². The van der Waals surface area contributed by atoms with Crippen molar-refractivity contribution in [2.24, 2.45) is 11.0 Å². The van der Waals surface area contributed by atoms with E-state index in [9.17, 15) is 4.79 Å². The van der Waals surface area contributed by atoms with Crippen molar-refractivity contribution in [1.82, 2.24) is 5.43 Å². The minimum Gasteiger partial charge on any atom is -0.481 e. The van der Waals surface area contributed by atoms with Gasteiger partial charge in [0.25, 0.3) is 0 Å². The van der Waals surface area contributed by atoms with Gasteiger partial charge in [-0.1, -0.05) is 0 Å². The Kier molecular flexibility index (Phi) is 2.59. The first-order chi connectivity index (χ1) is 5.88. The fraction of sp³-hybridized carbons (Fsp3) is 0.778. The van der Waals surface area contributed by atoms with Gasteiger partial charge in [-0.2, -0.15) is 5.10 Å². The summed E-state index contributed by atoms with van der Waals surface area (Å²) in [5, 5.41) is 12.7. The maximum atomic E-state index is 10.5. The van der Waals surface area contributed by atoms with Crippen LogP contribution in [0.2, 0.25) is 0 Å². The Morgan fingerprint density at radius 1 is 1.54 bits per heavy atom. The quantitative estimate of drug-likeness (QED) is 0.634. The molecule has 0 heterocycles. The minimum atomic E-state index is -0.713. The molecule has 0 unspecified atom stereocenters. The molecule has 1 fully saturated rings. The fourth-order valence-electron chi connectivity index (χ4n) is 1.02. The molecule has 0 aromatic heterocycles. The lowest BCUT2D eigenvalue weighted by atomic mass is 9.83. The summed E-state index contributed by atoms with van der Waals surface area (Å²) < 4.78 is 0. The molecule has 1 saturated carbocycles. The van der Waals surface area contributed by atoms with E-state index in [1.54, 1.807) is 0 Å². The van der Waals surface area contributed by atoms with Crippen LogP contribution < -0.4 is 5.43 Å². The molecule has 0 aliphatic heterocycles. The predicted octanol–water partition coefficient (Wildman–Crippen LogP) is 1.23. The monoisotopic (exact) mass is 184 g/mol. The van der Waals surface area contributed by atoms with Crippen LogP contribution in [0.5, 0.6) is 0 Å². The predicted molar refractivity (Wildman–Crippen MR) is 50.7 cm³/mol. The molecule has 0 bridgehead atoms. The molecule has 4 nitrogen and oxygen atoms in total. The number of hydrazone groups is 1. The van der Waals surface area contributed by atoms with E-state index in [1.165, 1.54) is 0 Å². The maximum Gasteiger partial charge on any atom is 0.307 e. The van der Waals surface area contributed by atoms with Gasteiger partial charge in [0.05, 0.1) is 5.92 Å². The lowest BCUT2D eigenvalue weighted by Crippen LogP contribution is -2.36. The SMILES string of the molecule is CC(C)(C)NN=C1CC(C(=O)O)C1. The van der Waals surface area contributed by atoms with Gasteiger partial charge in [0.2, 0.25) is 0 Å². The summed E-state index contributed by atoms with van der Waals surface area (Å²) in [6, 6.07) is 0. The van der Waals surface area contributed by atoms with Crippen molar-refractivity contribution < 1.29 is 9.90 Å². The Labute approximate surface area is 78.0 Å². The second-order valence-corrected chi connectivity index (χ2v) is 4.48. The van der Waals surface area contributed by atoms with E-state index < -0.39 is 5.97 Å². The standard InChI is InChI=1S/C9H16N2O2/c1-9(2,3)11-10-7-4-6(5-7)8(12)13/h6,11H,4-5H2,1-3H3,(H,12,13). The molecule has 0 radical (unpaired) electrons. The Morgan fingerprint density at radius 2 is 2.08 bits per heavy atom. The number of nitrogens with zero attached hydrogens (tertiary/aromatic N) is 1. The lowest BCUT2D eigenvalue weighted by molar-refractivity contribution is -0.142. The van der Waals surface area contributed by atoms with Crippen LogP contribution in [0.1, 0.15) is 33.6 Å². The first-order valence-corrected chi connectivity index (χ1v) is 4.44. The average molecular weight is 184 g/mol. The number of hydrogen-bond donors (Lipinski definition) is 2. The zero-order valence-electron chi connectivity index (χ0n) is 8.29. The number of carbonyl (C=O) groups is 1. The van der Waals surface area contributed by atoms with E-state index in [4.69, 9.17) is 5.11 Å². The minimum absolute atomic E-state index is 0.0404. The number of rotatable bonds is 2. The second-order valence-electron chi connectivity index (χ2n) is 4.48. The van der Waals surface area contributed by atoms with E-state index in [-0.39, 0.29) is 11.5 Å². The molecular weight excluding hydrogens is 168 g/mol. The molecule has 0 aromatic carbocycles. The van der Waals surface area contributed by atoms with Crippen molar-refractivity contribution in [3.05, 3.63) is 0 Å². The molecule has 0 amide bonds. The smallest absolute Gasteiger partial charge is 0.307 e. The highest BCUT2D eigenvalue weighted by Crippen LogP contribution is 2.24. The number of aliphatic carboxylic acids is 1. The van der Waals surface area contributed by atoms with Crippen LogP contribution in [-0.2, 0) is 4.79 Å². The van der Waals surface area contributed by atoms with E-state index in [0.717, 1.165) is 5.71 Å². The van der Waals surface area contributed by atoms with Crippen LogP contribution in [0, 0.1) is 5.92 Å². The summed E-state index contributed by atoms with van der Waals surface area (Å²) in [6.45, 7) is 6.05. The van der Waals surface area contributed by atoms with E-state index >= 15 is 0 Å². The molecule has 13 heavy (non-hydrogen) atoms. The van der Waals surface area contributed by atoms with Gasteiger partial charge in [0.1, 0.15) is 0 Å². The van der Waals surface area contributed by atoms with Crippen LogP contribution in [0.15, 0.2) is 5.10 Å². The van der Waals surface area contributed by atoms with Crippen LogP contribution in [0.3, 0.4) is 0 Å². The third-order valence-corrected chi connectivity index (χ3v) is 1.86. The number of carboxylic acids is 1. The molecule has 74 valence electrons. The summed E-state index contributed by atoms with van der Waals surface area (Å²) in [7, 11) is 0. The molecule has 0 spiro atoms. The van der Waals surface area contributed by atoms with Gasteiger partial charge in [0.15, 0.2) is 0 Å². The Balaban J connectivity index is 2.31. The molecule has 0 atom stereocenters. The van der Waals surface area contributed by atoms with Crippen LogP contribution in [0.25, 0.3) is 0 Å². The normalized spacial score (nSPS) is 22.1. The summed E-state index contributed by atoms with van der Waals surface area (Å²) >= 11 is 0. The van der Waals surface area contributed by atoms with E-state index in [2.05, 4.69) is 10.5 Å². The molecule has 0 saturated heterocycles. The largest absolute Gasteiger partial charge is 0.481 e. The summed E-state index contributed by atoms with van der Waals surface area (Å²) in [5.41, 5.74) is 3.90. The van der Waals surface area contributed by atoms with Crippen LogP contribution >= 0.6 is 0 Å². The third kappa shape index (κ3) is 3.05. The van der Waals surface area contributed by atoms with E-state index in [0.29, 0.717) is 12.8 Å². The van der Waals surface area contributed by atoms with Crippen LogP contribution in [-0.4, -0.2) is 22.3 Å². The van der Waals surface area contributed by atoms with Gasteiger partial charge < -0.3 is 10.5 Å². The first-order valence-electron chi connectivity index (χ1n) is 4.44.